The maximum atomic E-state index is 12.4. The van der Waals surface area contributed by atoms with Crippen molar-refractivity contribution in [2.75, 3.05) is 0 Å². The molecule has 0 radical (unpaired) electrons. The van der Waals surface area contributed by atoms with Gasteiger partial charge in [-0.05, 0) is 49.9 Å². The molecule has 0 N–H and O–H groups in total. The topological polar surface area (TPSA) is 80.8 Å². The first-order chi connectivity index (χ1) is 10.3. The minimum Gasteiger partial charge on any atom is -0.325 e. The van der Waals surface area contributed by atoms with Gasteiger partial charge >= 0.3 is 5.97 Å². The molecule has 0 saturated carbocycles. The van der Waals surface area contributed by atoms with Crippen molar-refractivity contribution in [3.05, 3.63) is 33.4 Å². The standard InChI is InChI=1S/C16H17NO5/c1-8-10(3)15(11(4)9(2)12(8)7-18)16(21)22-17-13(19)5-6-14(17)20/h7H,5-6H2,1-4H3. The van der Waals surface area contributed by atoms with Crippen LogP contribution in [0.4, 0.5) is 0 Å². The third-order valence-electron chi connectivity index (χ3n) is 4.18. The van der Waals surface area contributed by atoms with E-state index in [4.69, 9.17) is 4.84 Å². The summed E-state index contributed by atoms with van der Waals surface area (Å²) in [6, 6.07) is 0. The second-order valence-corrected chi connectivity index (χ2v) is 5.37. The van der Waals surface area contributed by atoms with Crippen LogP contribution in [0.15, 0.2) is 0 Å². The SMILES string of the molecule is Cc1c(C)c(C(=O)ON2C(=O)CCC2=O)c(C)c(C)c1C=O. The van der Waals surface area contributed by atoms with Crippen LogP contribution < -0.4 is 0 Å². The molecular weight excluding hydrogens is 286 g/mol. The molecule has 0 spiro atoms. The van der Waals surface area contributed by atoms with Crippen LogP contribution in [0.2, 0.25) is 0 Å². The third-order valence-corrected chi connectivity index (χ3v) is 4.18. The summed E-state index contributed by atoms with van der Waals surface area (Å²) in [5, 5.41) is 0.527. The van der Waals surface area contributed by atoms with Crippen molar-refractivity contribution in [1.82, 2.24) is 5.06 Å². The molecule has 0 unspecified atom stereocenters. The molecule has 1 aliphatic rings. The quantitative estimate of drug-likeness (QED) is 0.630. The molecule has 1 fully saturated rings. The number of imide groups is 1. The minimum atomic E-state index is -0.762. The monoisotopic (exact) mass is 303 g/mol. The Morgan fingerprint density at radius 3 is 1.82 bits per heavy atom. The van der Waals surface area contributed by atoms with Crippen molar-refractivity contribution in [2.24, 2.45) is 0 Å². The van der Waals surface area contributed by atoms with Crippen LogP contribution in [0.3, 0.4) is 0 Å². The molecule has 0 aliphatic carbocycles. The fourth-order valence-electron chi connectivity index (χ4n) is 2.61. The lowest BCUT2D eigenvalue weighted by Crippen LogP contribution is -2.32. The van der Waals surface area contributed by atoms with Crippen molar-refractivity contribution < 1.29 is 24.0 Å². The predicted octanol–water partition coefficient (Wildman–Crippen LogP) is 1.95. The van der Waals surface area contributed by atoms with Gasteiger partial charge in [-0.2, -0.15) is 0 Å². The Labute approximate surface area is 128 Å². The summed E-state index contributed by atoms with van der Waals surface area (Å²) in [6.45, 7) is 6.90. The zero-order valence-corrected chi connectivity index (χ0v) is 13.0. The largest absolute Gasteiger partial charge is 0.364 e. The molecule has 1 heterocycles. The molecule has 1 saturated heterocycles. The zero-order chi connectivity index (χ0) is 16.6. The molecule has 2 rings (SSSR count). The number of aldehydes is 1. The minimum absolute atomic E-state index is 0.0478. The van der Waals surface area contributed by atoms with Crippen molar-refractivity contribution in [1.29, 1.82) is 0 Å². The number of carbonyl (C=O) groups is 4. The summed E-state index contributed by atoms with van der Waals surface area (Å²) in [4.78, 5) is 51.6. The summed E-state index contributed by atoms with van der Waals surface area (Å²) >= 11 is 0. The fourth-order valence-corrected chi connectivity index (χ4v) is 2.61. The van der Waals surface area contributed by atoms with E-state index >= 15 is 0 Å². The van der Waals surface area contributed by atoms with Crippen LogP contribution in [0.5, 0.6) is 0 Å². The van der Waals surface area contributed by atoms with Gasteiger partial charge in [-0.25, -0.2) is 4.79 Å². The van der Waals surface area contributed by atoms with Gasteiger partial charge in [-0.3, -0.25) is 14.4 Å². The summed E-state index contributed by atoms with van der Waals surface area (Å²) in [5.41, 5.74) is 3.41. The first kappa shape index (κ1) is 15.9. The number of rotatable bonds is 3. The number of nitrogens with zero attached hydrogens (tertiary/aromatic N) is 1. The average molecular weight is 303 g/mol. The number of hydroxylamine groups is 2. The first-order valence-electron chi connectivity index (χ1n) is 6.93. The molecule has 0 atom stereocenters. The Morgan fingerprint density at radius 2 is 1.41 bits per heavy atom. The Morgan fingerprint density at radius 1 is 0.955 bits per heavy atom. The van der Waals surface area contributed by atoms with Gasteiger partial charge in [-0.1, -0.05) is 0 Å². The predicted molar refractivity (Wildman–Crippen MR) is 77.3 cm³/mol. The van der Waals surface area contributed by atoms with Crippen LogP contribution in [-0.4, -0.2) is 29.1 Å². The normalized spacial score (nSPS) is 14.5. The van der Waals surface area contributed by atoms with E-state index in [0.29, 0.717) is 32.9 Å². The summed E-state index contributed by atoms with van der Waals surface area (Å²) in [5.74, 6) is -1.81. The summed E-state index contributed by atoms with van der Waals surface area (Å²) < 4.78 is 0. The number of hydrogen-bond donors (Lipinski definition) is 0. The van der Waals surface area contributed by atoms with Crippen LogP contribution in [0.25, 0.3) is 0 Å². The lowest BCUT2D eigenvalue weighted by atomic mass is 9.89. The summed E-state index contributed by atoms with van der Waals surface area (Å²) in [7, 11) is 0. The van der Waals surface area contributed by atoms with E-state index in [9.17, 15) is 19.2 Å². The van der Waals surface area contributed by atoms with Crippen molar-refractivity contribution >= 4 is 24.1 Å². The molecule has 6 nitrogen and oxygen atoms in total. The van der Waals surface area contributed by atoms with Gasteiger partial charge in [0, 0.05) is 18.4 Å². The molecule has 2 amide bonds. The van der Waals surface area contributed by atoms with Crippen LogP contribution in [0, 0.1) is 27.7 Å². The highest BCUT2D eigenvalue weighted by Crippen LogP contribution is 2.27. The number of amides is 2. The molecule has 0 aromatic heterocycles. The molecule has 6 heteroatoms. The second kappa shape index (κ2) is 5.71. The maximum Gasteiger partial charge on any atom is 0.364 e. The van der Waals surface area contributed by atoms with Gasteiger partial charge in [0.2, 0.25) is 0 Å². The Balaban J connectivity index is 2.44. The van der Waals surface area contributed by atoms with Crippen LogP contribution in [-0.2, 0) is 14.4 Å². The van der Waals surface area contributed by atoms with Gasteiger partial charge in [-0.15, -0.1) is 5.06 Å². The third kappa shape index (κ3) is 2.41. The van der Waals surface area contributed by atoms with E-state index in [1.807, 2.05) is 0 Å². The Hall–Kier alpha value is -2.50. The fraction of sp³-hybridized carbons (Fsp3) is 0.375. The van der Waals surface area contributed by atoms with Crippen LogP contribution >= 0.6 is 0 Å². The van der Waals surface area contributed by atoms with Gasteiger partial charge in [0.15, 0.2) is 6.29 Å². The average Bonchev–Trinajstić information content (AvgIpc) is 2.78. The van der Waals surface area contributed by atoms with E-state index in [1.54, 1.807) is 27.7 Å². The van der Waals surface area contributed by atoms with E-state index in [-0.39, 0.29) is 18.4 Å². The van der Waals surface area contributed by atoms with Gasteiger partial charge in [0.05, 0.1) is 5.56 Å². The van der Waals surface area contributed by atoms with Gasteiger partial charge < -0.3 is 4.84 Å². The number of hydrogen-bond acceptors (Lipinski definition) is 5. The summed E-state index contributed by atoms with van der Waals surface area (Å²) in [6.07, 6.45) is 0.853. The molecule has 22 heavy (non-hydrogen) atoms. The lowest BCUT2D eigenvalue weighted by Gasteiger charge is -2.19. The molecule has 1 aliphatic heterocycles. The zero-order valence-electron chi connectivity index (χ0n) is 13.0. The van der Waals surface area contributed by atoms with E-state index in [0.717, 1.165) is 6.29 Å². The molecular formula is C16H17NO5. The number of carbonyl (C=O) groups excluding carboxylic acids is 4. The van der Waals surface area contributed by atoms with Crippen LogP contribution in [0.1, 0.15) is 55.8 Å². The molecule has 1 aromatic carbocycles. The lowest BCUT2D eigenvalue weighted by molar-refractivity contribution is -0.172. The van der Waals surface area contributed by atoms with Gasteiger partial charge in [0.25, 0.3) is 11.8 Å². The highest BCUT2D eigenvalue weighted by molar-refractivity contribution is 6.03. The van der Waals surface area contributed by atoms with Crippen molar-refractivity contribution in [3.63, 3.8) is 0 Å². The second-order valence-electron chi connectivity index (χ2n) is 5.37. The first-order valence-corrected chi connectivity index (χ1v) is 6.93. The molecule has 0 bridgehead atoms. The number of benzene rings is 1. The molecule has 116 valence electrons. The molecule has 1 aromatic rings. The Kier molecular flexibility index (Phi) is 4.12. The van der Waals surface area contributed by atoms with E-state index in [1.165, 1.54) is 0 Å². The van der Waals surface area contributed by atoms with E-state index in [2.05, 4.69) is 0 Å². The highest BCUT2D eigenvalue weighted by atomic mass is 16.7. The highest BCUT2D eigenvalue weighted by Gasteiger charge is 2.34. The Bertz CT molecular complexity index is 660. The van der Waals surface area contributed by atoms with E-state index < -0.39 is 17.8 Å². The van der Waals surface area contributed by atoms with Crippen molar-refractivity contribution in [2.45, 2.75) is 40.5 Å². The smallest absolute Gasteiger partial charge is 0.325 e. The maximum absolute atomic E-state index is 12.4. The van der Waals surface area contributed by atoms with Gasteiger partial charge in [0.1, 0.15) is 0 Å². The van der Waals surface area contributed by atoms with Crippen molar-refractivity contribution in [3.8, 4) is 0 Å².